The topological polar surface area (TPSA) is 50.4 Å². The number of hydrogen-bond acceptors (Lipinski definition) is 3. The summed E-state index contributed by atoms with van der Waals surface area (Å²) < 4.78 is 6.01. The summed E-state index contributed by atoms with van der Waals surface area (Å²) in [5.74, 6) is 1.23. The molecule has 0 radical (unpaired) electrons. The molecular formula is C17H27ClN2O2. The molecule has 0 aliphatic carbocycles. The van der Waals surface area contributed by atoms with Crippen molar-refractivity contribution in [2.24, 2.45) is 5.92 Å². The Kier molecular flexibility index (Phi) is 8.28. The smallest absolute Gasteiger partial charge is 0.223 e. The molecule has 2 N–H and O–H groups in total. The summed E-state index contributed by atoms with van der Waals surface area (Å²) in [4.78, 5) is 12.1. The molecular weight excluding hydrogens is 300 g/mol. The number of rotatable bonds is 6. The zero-order chi connectivity index (χ0) is 15.1. The molecule has 2 rings (SSSR count). The van der Waals surface area contributed by atoms with Crippen molar-refractivity contribution in [1.82, 2.24) is 10.6 Å². The van der Waals surface area contributed by atoms with Gasteiger partial charge in [0.05, 0.1) is 6.54 Å². The van der Waals surface area contributed by atoms with E-state index < -0.39 is 0 Å². The molecule has 0 saturated carbocycles. The predicted octanol–water partition coefficient (Wildman–Crippen LogP) is 2.69. The minimum Gasteiger partial charge on any atom is -0.488 e. The normalized spacial score (nSPS) is 16.5. The van der Waals surface area contributed by atoms with E-state index in [1.165, 1.54) is 0 Å². The Morgan fingerprint density at radius 3 is 2.68 bits per heavy atom. The number of benzene rings is 1. The second-order valence-corrected chi connectivity index (χ2v) is 5.68. The summed E-state index contributed by atoms with van der Waals surface area (Å²) in [6.45, 7) is 6.58. The number of ether oxygens (including phenoxy) is 1. The van der Waals surface area contributed by atoms with Gasteiger partial charge >= 0.3 is 0 Å². The van der Waals surface area contributed by atoms with Gasteiger partial charge in [0.2, 0.25) is 5.91 Å². The first-order chi connectivity index (χ1) is 10.2. The van der Waals surface area contributed by atoms with Crippen LogP contribution in [0.5, 0.6) is 5.75 Å². The van der Waals surface area contributed by atoms with Crippen molar-refractivity contribution >= 4 is 18.3 Å². The Bertz CT molecular complexity index is 462. The summed E-state index contributed by atoms with van der Waals surface area (Å²) in [5.41, 5.74) is 1.13. The van der Waals surface area contributed by atoms with Crippen molar-refractivity contribution in [3.05, 3.63) is 29.8 Å². The third kappa shape index (κ3) is 5.50. The van der Waals surface area contributed by atoms with Gasteiger partial charge in [-0.3, -0.25) is 4.79 Å². The molecule has 1 aliphatic rings. The minimum absolute atomic E-state index is 0. The molecule has 1 atom stereocenters. The molecule has 1 aromatic rings. The largest absolute Gasteiger partial charge is 0.488 e. The van der Waals surface area contributed by atoms with E-state index in [1.54, 1.807) is 0 Å². The fraction of sp³-hybridized carbons (Fsp3) is 0.588. The standard InChI is InChI=1S/C17H26N2O2.ClH/c1-3-15(21-16-7-5-4-6-13(16)2)12-19-17(20)14-8-10-18-11-9-14;/h4-7,14-15,18H,3,8-12H2,1-2H3,(H,19,20);1H. The molecule has 22 heavy (non-hydrogen) atoms. The third-order valence-corrected chi connectivity index (χ3v) is 4.06. The van der Waals surface area contributed by atoms with Crippen molar-refractivity contribution in [3.8, 4) is 5.75 Å². The van der Waals surface area contributed by atoms with E-state index in [9.17, 15) is 4.79 Å². The van der Waals surface area contributed by atoms with Crippen LogP contribution in [0.15, 0.2) is 24.3 Å². The number of amides is 1. The lowest BCUT2D eigenvalue weighted by molar-refractivity contribution is -0.126. The second-order valence-electron chi connectivity index (χ2n) is 5.68. The summed E-state index contributed by atoms with van der Waals surface area (Å²) >= 11 is 0. The first-order valence-electron chi connectivity index (χ1n) is 7.91. The van der Waals surface area contributed by atoms with Crippen LogP contribution in [-0.4, -0.2) is 31.6 Å². The van der Waals surface area contributed by atoms with Crippen LogP contribution in [0.3, 0.4) is 0 Å². The van der Waals surface area contributed by atoms with Gasteiger partial charge in [0.15, 0.2) is 0 Å². The van der Waals surface area contributed by atoms with E-state index in [2.05, 4.69) is 17.6 Å². The summed E-state index contributed by atoms with van der Waals surface area (Å²) in [7, 11) is 0. The number of para-hydroxylation sites is 1. The van der Waals surface area contributed by atoms with Crippen LogP contribution in [0, 0.1) is 12.8 Å². The van der Waals surface area contributed by atoms with E-state index in [-0.39, 0.29) is 30.3 Å². The van der Waals surface area contributed by atoms with Crippen LogP contribution in [-0.2, 0) is 4.79 Å². The average Bonchev–Trinajstić information content (AvgIpc) is 2.53. The zero-order valence-electron chi connectivity index (χ0n) is 13.4. The van der Waals surface area contributed by atoms with Gasteiger partial charge in [-0.1, -0.05) is 25.1 Å². The predicted molar refractivity (Wildman–Crippen MR) is 91.7 cm³/mol. The molecule has 1 aromatic carbocycles. The van der Waals surface area contributed by atoms with Crippen LogP contribution >= 0.6 is 12.4 Å². The summed E-state index contributed by atoms with van der Waals surface area (Å²) in [6, 6.07) is 7.99. The molecule has 4 nitrogen and oxygen atoms in total. The molecule has 1 unspecified atom stereocenters. The van der Waals surface area contributed by atoms with Crippen molar-refractivity contribution in [2.45, 2.75) is 39.2 Å². The molecule has 0 aromatic heterocycles. The van der Waals surface area contributed by atoms with Gasteiger partial charge in [0, 0.05) is 5.92 Å². The van der Waals surface area contributed by atoms with Gasteiger partial charge in [0.1, 0.15) is 11.9 Å². The monoisotopic (exact) mass is 326 g/mol. The van der Waals surface area contributed by atoms with E-state index in [0.717, 1.165) is 43.7 Å². The van der Waals surface area contributed by atoms with Gasteiger partial charge in [-0.15, -0.1) is 12.4 Å². The molecule has 1 fully saturated rings. The molecule has 1 amide bonds. The first-order valence-corrected chi connectivity index (χ1v) is 7.91. The van der Waals surface area contributed by atoms with Gasteiger partial charge in [-0.05, 0) is 50.9 Å². The number of aryl methyl sites for hydroxylation is 1. The molecule has 1 aliphatic heterocycles. The lowest BCUT2D eigenvalue weighted by atomic mass is 9.97. The maximum atomic E-state index is 12.1. The van der Waals surface area contributed by atoms with Gasteiger partial charge < -0.3 is 15.4 Å². The van der Waals surface area contributed by atoms with Crippen LogP contribution in [0.4, 0.5) is 0 Å². The Labute approximate surface area is 139 Å². The molecule has 1 saturated heterocycles. The maximum Gasteiger partial charge on any atom is 0.223 e. The highest BCUT2D eigenvalue weighted by atomic mass is 35.5. The first kappa shape index (κ1) is 18.8. The van der Waals surface area contributed by atoms with Crippen LogP contribution < -0.4 is 15.4 Å². The Morgan fingerprint density at radius 1 is 1.36 bits per heavy atom. The van der Waals surface area contributed by atoms with E-state index in [4.69, 9.17) is 4.74 Å². The summed E-state index contributed by atoms with van der Waals surface area (Å²) in [5, 5.41) is 6.33. The Morgan fingerprint density at radius 2 is 2.05 bits per heavy atom. The highest BCUT2D eigenvalue weighted by Gasteiger charge is 2.21. The highest BCUT2D eigenvalue weighted by molar-refractivity contribution is 5.85. The summed E-state index contributed by atoms with van der Waals surface area (Å²) in [6.07, 6.45) is 2.76. The lowest BCUT2D eigenvalue weighted by Crippen LogP contribution is -2.41. The number of nitrogens with one attached hydrogen (secondary N) is 2. The second kappa shape index (κ2) is 9.70. The molecule has 124 valence electrons. The molecule has 0 spiro atoms. The SMILES string of the molecule is CCC(CNC(=O)C1CCNCC1)Oc1ccccc1C.Cl. The maximum absolute atomic E-state index is 12.1. The van der Waals surface area contributed by atoms with E-state index >= 15 is 0 Å². The average molecular weight is 327 g/mol. The Hall–Kier alpha value is -1.26. The van der Waals surface area contributed by atoms with Crippen LogP contribution in [0.1, 0.15) is 31.7 Å². The van der Waals surface area contributed by atoms with Crippen molar-refractivity contribution in [3.63, 3.8) is 0 Å². The van der Waals surface area contributed by atoms with Gasteiger partial charge in [0.25, 0.3) is 0 Å². The third-order valence-electron chi connectivity index (χ3n) is 4.06. The van der Waals surface area contributed by atoms with Gasteiger partial charge in [-0.2, -0.15) is 0 Å². The van der Waals surface area contributed by atoms with Crippen LogP contribution in [0.2, 0.25) is 0 Å². The minimum atomic E-state index is 0. The molecule has 5 heteroatoms. The number of piperidine rings is 1. The van der Waals surface area contributed by atoms with E-state index in [1.807, 2.05) is 31.2 Å². The van der Waals surface area contributed by atoms with Crippen LogP contribution in [0.25, 0.3) is 0 Å². The molecule has 1 heterocycles. The number of hydrogen-bond donors (Lipinski definition) is 2. The fourth-order valence-electron chi connectivity index (χ4n) is 2.58. The van der Waals surface area contributed by atoms with Crippen molar-refractivity contribution in [2.75, 3.05) is 19.6 Å². The zero-order valence-corrected chi connectivity index (χ0v) is 14.2. The fourth-order valence-corrected chi connectivity index (χ4v) is 2.58. The van der Waals surface area contributed by atoms with E-state index in [0.29, 0.717) is 6.54 Å². The lowest BCUT2D eigenvalue weighted by Gasteiger charge is -2.24. The number of carbonyl (C=O) groups is 1. The van der Waals surface area contributed by atoms with Crippen molar-refractivity contribution < 1.29 is 9.53 Å². The Balaban J connectivity index is 0.00000242. The highest BCUT2D eigenvalue weighted by Crippen LogP contribution is 2.18. The van der Waals surface area contributed by atoms with Crippen molar-refractivity contribution in [1.29, 1.82) is 0 Å². The number of halogens is 1. The quantitative estimate of drug-likeness (QED) is 0.845. The van der Waals surface area contributed by atoms with Gasteiger partial charge in [-0.25, -0.2) is 0 Å². The number of carbonyl (C=O) groups excluding carboxylic acids is 1. The molecule has 0 bridgehead atoms.